The van der Waals surface area contributed by atoms with Crippen LogP contribution in [0, 0.1) is 5.92 Å². The molecule has 0 heterocycles. The number of hydrogen-bond acceptors (Lipinski definition) is 2. The Balaban J connectivity index is 2.27. The second kappa shape index (κ2) is 7.41. The van der Waals surface area contributed by atoms with E-state index in [2.05, 4.69) is 61.7 Å². The van der Waals surface area contributed by atoms with Gasteiger partial charge in [0.25, 0.3) is 0 Å². The maximum Gasteiger partial charge on any atom is 0.0488 e. The summed E-state index contributed by atoms with van der Waals surface area (Å²) in [6.07, 6.45) is 4.90. The molecule has 2 unspecified atom stereocenters. The second-order valence-corrected chi connectivity index (χ2v) is 5.56. The topological polar surface area (TPSA) is 38.0 Å². The van der Waals surface area contributed by atoms with E-state index >= 15 is 0 Å². The highest BCUT2D eigenvalue weighted by Gasteiger charge is 2.20. The van der Waals surface area contributed by atoms with Crippen molar-refractivity contribution < 1.29 is 0 Å². The lowest BCUT2D eigenvalue weighted by Crippen LogP contribution is -2.33. The largest absolute Gasteiger partial charge is 0.271 e. The highest BCUT2D eigenvalue weighted by atomic mass is 15.2. The third-order valence-electron chi connectivity index (χ3n) is 4.24. The average molecular weight is 270 g/mol. The lowest BCUT2D eigenvalue weighted by Gasteiger charge is -2.26. The number of rotatable bonds is 7. The lowest BCUT2D eigenvalue weighted by molar-refractivity contribution is 0.327. The van der Waals surface area contributed by atoms with Gasteiger partial charge in [0.2, 0.25) is 0 Å². The van der Waals surface area contributed by atoms with Crippen molar-refractivity contribution in [3.8, 4) is 0 Å². The minimum Gasteiger partial charge on any atom is -0.271 e. The maximum atomic E-state index is 5.85. The molecule has 0 aliphatic heterocycles. The van der Waals surface area contributed by atoms with Crippen LogP contribution < -0.4 is 11.3 Å². The van der Waals surface area contributed by atoms with Gasteiger partial charge in [0.05, 0.1) is 0 Å². The molecule has 0 bridgehead atoms. The van der Waals surface area contributed by atoms with E-state index in [0.29, 0.717) is 5.92 Å². The molecular formula is C18H26N2. The van der Waals surface area contributed by atoms with Crippen LogP contribution in [0.5, 0.6) is 0 Å². The monoisotopic (exact) mass is 270 g/mol. The van der Waals surface area contributed by atoms with Crippen molar-refractivity contribution in [1.82, 2.24) is 5.43 Å². The number of unbranched alkanes of at least 4 members (excludes halogenated alkanes) is 1. The van der Waals surface area contributed by atoms with Gasteiger partial charge >= 0.3 is 0 Å². The normalized spacial score (nSPS) is 14.3. The van der Waals surface area contributed by atoms with Gasteiger partial charge in [0.15, 0.2) is 0 Å². The first-order valence-electron chi connectivity index (χ1n) is 7.75. The molecular weight excluding hydrogens is 244 g/mol. The number of hydrogen-bond donors (Lipinski definition) is 2. The summed E-state index contributed by atoms with van der Waals surface area (Å²) in [5.41, 5.74) is 4.34. The molecule has 0 saturated heterocycles. The predicted molar refractivity (Wildman–Crippen MR) is 87.3 cm³/mol. The first kappa shape index (κ1) is 15.0. The van der Waals surface area contributed by atoms with Gasteiger partial charge in [-0.3, -0.25) is 11.3 Å². The zero-order valence-electron chi connectivity index (χ0n) is 12.6. The molecule has 2 aromatic carbocycles. The molecule has 2 nitrogen and oxygen atoms in total. The molecule has 0 aliphatic rings. The summed E-state index contributed by atoms with van der Waals surface area (Å²) in [5, 5.41) is 2.57. The summed E-state index contributed by atoms with van der Waals surface area (Å²) in [4.78, 5) is 0. The standard InChI is InChI=1S/C18H26N2/c1-3-5-8-14(4-2)18(20-19)17-12-11-15-9-6-7-10-16(15)13-17/h6-7,9-14,18,20H,3-5,8,19H2,1-2H3. The quantitative estimate of drug-likeness (QED) is 0.571. The van der Waals surface area contributed by atoms with Crippen molar-refractivity contribution in [1.29, 1.82) is 0 Å². The van der Waals surface area contributed by atoms with E-state index in [1.165, 1.54) is 35.6 Å². The van der Waals surface area contributed by atoms with Gasteiger partial charge in [0.1, 0.15) is 0 Å². The van der Waals surface area contributed by atoms with Gasteiger partial charge in [-0.05, 0) is 34.7 Å². The number of nitrogens with one attached hydrogen (secondary N) is 1. The van der Waals surface area contributed by atoms with Gasteiger partial charge in [-0.2, -0.15) is 0 Å². The molecule has 108 valence electrons. The Labute approximate surface area is 122 Å². The molecule has 2 aromatic rings. The summed E-state index contributed by atoms with van der Waals surface area (Å²) in [7, 11) is 0. The SMILES string of the molecule is CCCCC(CC)C(NN)c1ccc2ccccc2c1. The van der Waals surface area contributed by atoms with E-state index in [-0.39, 0.29) is 6.04 Å². The van der Waals surface area contributed by atoms with Crippen LogP contribution in [0.1, 0.15) is 51.1 Å². The van der Waals surface area contributed by atoms with Crippen LogP contribution in [0.25, 0.3) is 10.8 Å². The lowest BCUT2D eigenvalue weighted by atomic mass is 9.86. The molecule has 3 N–H and O–H groups in total. The van der Waals surface area contributed by atoms with Crippen LogP contribution in [-0.2, 0) is 0 Å². The fraction of sp³-hybridized carbons (Fsp3) is 0.444. The number of benzene rings is 2. The van der Waals surface area contributed by atoms with Crippen molar-refractivity contribution >= 4 is 10.8 Å². The van der Waals surface area contributed by atoms with Crippen molar-refractivity contribution in [2.24, 2.45) is 11.8 Å². The van der Waals surface area contributed by atoms with Gasteiger partial charge in [-0.25, -0.2) is 0 Å². The van der Waals surface area contributed by atoms with E-state index < -0.39 is 0 Å². The molecule has 2 atom stereocenters. The Kier molecular flexibility index (Phi) is 5.57. The molecule has 2 rings (SSSR count). The Bertz CT molecular complexity index is 536. The Morgan fingerprint density at radius 2 is 1.80 bits per heavy atom. The van der Waals surface area contributed by atoms with E-state index in [1.54, 1.807) is 0 Å². The van der Waals surface area contributed by atoms with E-state index in [1.807, 2.05) is 0 Å². The molecule has 0 aromatic heterocycles. The Morgan fingerprint density at radius 3 is 2.45 bits per heavy atom. The molecule has 0 saturated carbocycles. The van der Waals surface area contributed by atoms with Gasteiger partial charge < -0.3 is 0 Å². The minimum atomic E-state index is 0.246. The van der Waals surface area contributed by atoms with Crippen LogP contribution in [0.4, 0.5) is 0 Å². The summed E-state index contributed by atoms with van der Waals surface area (Å²) in [5.74, 6) is 6.45. The summed E-state index contributed by atoms with van der Waals surface area (Å²) >= 11 is 0. The smallest absolute Gasteiger partial charge is 0.0488 e. The summed E-state index contributed by atoms with van der Waals surface area (Å²) in [6.45, 7) is 4.50. The second-order valence-electron chi connectivity index (χ2n) is 5.56. The van der Waals surface area contributed by atoms with Crippen LogP contribution in [-0.4, -0.2) is 0 Å². The minimum absolute atomic E-state index is 0.246. The summed E-state index contributed by atoms with van der Waals surface area (Å²) in [6, 6.07) is 15.4. The Hall–Kier alpha value is -1.38. The average Bonchev–Trinajstić information content (AvgIpc) is 2.51. The van der Waals surface area contributed by atoms with Crippen LogP contribution in [0.15, 0.2) is 42.5 Å². The van der Waals surface area contributed by atoms with Crippen molar-refractivity contribution in [2.75, 3.05) is 0 Å². The zero-order chi connectivity index (χ0) is 14.4. The first-order chi connectivity index (χ1) is 9.80. The van der Waals surface area contributed by atoms with Crippen molar-refractivity contribution in [3.63, 3.8) is 0 Å². The molecule has 2 heteroatoms. The molecule has 0 fully saturated rings. The highest BCUT2D eigenvalue weighted by molar-refractivity contribution is 5.83. The number of hydrazine groups is 1. The first-order valence-corrected chi connectivity index (χ1v) is 7.75. The molecule has 0 amide bonds. The van der Waals surface area contributed by atoms with E-state index in [0.717, 1.165) is 6.42 Å². The van der Waals surface area contributed by atoms with Crippen LogP contribution in [0.3, 0.4) is 0 Å². The van der Waals surface area contributed by atoms with Crippen LogP contribution in [0.2, 0.25) is 0 Å². The van der Waals surface area contributed by atoms with E-state index in [4.69, 9.17) is 5.84 Å². The zero-order valence-corrected chi connectivity index (χ0v) is 12.6. The summed E-state index contributed by atoms with van der Waals surface area (Å²) < 4.78 is 0. The Morgan fingerprint density at radius 1 is 1.05 bits per heavy atom. The van der Waals surface area contributed by atoms with Crippen LogP contribution >= 0.6 is 0 Å². The van der Waals surface area contributed by atoms with Gasteiger partial charge in [-0.1, -0.05) is 69.5 Å². The van der Waals surface area contributed by atoms with Crippen molar-refractivity contribution in [3.05, 3.63) is 48.0 Å². The predicted octanol–water partition coefficient (Wildman–Crippen LogP) is 4.56. The molecule has 0 aliphatic carbocycles. The number of nitrogens with two attached hydrogens (primary N) is 1. The highest BCUT2D eigenvalue weighted by Crippen LogP contribution is 2.30. The maximum absolute atomic E-state index is 5.85. The third kappa shape index (κ3) is 3.38. The fourth-order valence-corrected chi connectivity index (χ4v) is 2.98. The van der Waals surface area contributed by atoms with Crippen molar-refractivity contribution in [2.45, 2.75) is 45.6 Å². The molecule has 0 spiro atoms. The van der Waals surface area contributed by atoms with E-state index in [9.17, 15) is 0 Å². The van der Waals surface area contributed by atoms with Gasteiger partial charge in [0, 0.05) is 6.04 Å². The number of fused-ring (bicyclic) bond motifs is 1. The fourth-order valence-electron chi connectivity index (χ4n) is 2.98. The molecule has 0 radical (unpaired) electrons. The molecule has 20 heavy (non-hydrogen) atoms. The third-order valence-corrected chi connectivity index (χ3v) is 4.24. The van der Waals surface area contributed by atoms with Gasteiger partial charge in [-0.15, -0.1) is 0 Å².